The summed E-state index contributed by atoms with van der Waals surface area (Å²) in [5.41, 5.74) is 0. The molecule has 0 spiro atoms. The van der Waals surface area contributed by atoms with Crippen LogP contribution in [0, 0.1) is 0 Å². The maximum absolute atomic E-state index is 10.8. The Morgan fingerprint density at radius 1 is 1.29 bits per heavy atom. The van der Waals surface area contributed by atoms with Crippen LogP contribution in [0.5, 0.6) is 0 Å². The van der Waals surface area contributed by atoms with Crippen molar-refractivity contribution in [2.75, 3.05) is 32.1 Å². The normalized spacial score (nSPS) is 11.3. The summed E-state index contributed by atoms with van der Waals surface area (Å²) in [6.45, 7) is 1.12. The van der Waals surface area contributed by atoms with Crippen molar-refractivity contribution < 1.29 is 13.2 Å². The second-order valence-corrected chi connectivity index (χ2v) is 5.42. The third kappa shape index (κ3) is 9.47. The zero-order valence-electron chi connectivity index (χ0n) is 8.67. The van der Waals surface area contributed by atoms with Gasteiger partial charge in [-0.1, -0.05) is 0 Å². The summed E-state index contributed by atoms with van der Waals surface area (Å²) in [5.74, 6) is 0.155. The molecular formula is C8H18N2O3S. The van der Waals surface area contributed by atoms with E-state index in [0.29, 0.717) is 19.5 Å². The van der Waals surface area contributed by atoms with Crippen LogP contribution in [0.2, 0.25) is 0 Å². The third-order valence-corrected chi connectivity index (χ3v) is 2.63. The van der Waals surface area contributed by atoms with Crippen molar-refractivity contribution >= 4 is 15.7 Å². The van der Waals surface area contributed by atoms with Crippen LogP contribution in [-0.4, -0.2) is 46.5 Å². The number of carbonyl (C=O) groups is 1. The van der Waals surface area contributed by atoms with Crippen LogP contribution < -0.4 is 10.6 Å². The summed E-state index contributed by atoms with van der Waals surface area (Å²) < 4.78 is 21.4. The van der Waals surface area contributed by atoms with Gasteiger partial charge in [0.2, 0.25) is 5.91 Å². The lowest BCUT2D eigenvalue weighted by atomic mass is 10.3. The summed E-state index contributed by atoms with van der Waals surface area (Å²) in [6, 6.07) is 0. The molecule has 14 heavy (non-hydrogen) atoms. The molecule has 0 saturated heterocycles. The Bertz CT molecular complexity index is 262. The van der Waals surface area contributed by atoms with E-state index in [2.05, 4.69) is 10.6 Å². The minimum Gasteiger partial charge on any atom is -0.359 e. The smallest absolute Gasteiger partial charge is 0.219 e. The summed E-state index contributed by atoms with van der Waals surface area (Å²) in [6.07, 6.45) is 2.41. The first-order chi connectivity index (χ1) is 6.45. The van der Waals surface area contributed by atoms with Crippen molar-refractivity contribution in [3.05, 3.63) is 0 Å². The van der Waals surface area contributed by atoms with E-state index in [4.69, 9.17) is 0 Å². The van der Waals surface area contributed by atoms with E-state index in [1.165, 1.54) is 6.26 Å². The van der Waals surface area contributed by atoms with Gasteiger partial charge in [-0.05, 0) is 13.0 Å². The fourth-order valence-electron chi connectivity index (χ4n) is 0.882. The van der Waals surface area contributed by atoms with Gasteiger partial charge in [0.1, 0.15) is 9.84 Å². The second-order valence-electron chi connectivity index (χ2n) is 3.16. The standard InChI is InChI=1S/C8H18N2O3S/c1-9-8(11)4-3-5-10-6-7-14(2,12)13/h10H,3-7H2,1-2H3,(H,9,11). The molecule has 0 radical (unpaired) electrons. The molecule has 0 aliphatic carbocycles. The summed E-state index contributed by atoms with van der Waals surface area (Å²) in [4.78, 5) is 10.8. The maximum Gasteiger partial charge on any atom is 0.219 e. The molecule has 0 rings (SSSR count). The number of amides is 1. The molecule has 0 atom stereocenters. The Hall–Kier alpha value is -0.620. The molecule has 0 aromatic carbocycles. The molecule has 0 unspecified atom stereocenters. The molecule has 0 heterocycles. The molecule has 6 heteroatoms. The molecule has 0 aromatic heterocycles. The van der Waals surface area contributed by atoms with Crippen molar-refractivity contribution in [1.29, 1.82) is 0 Å². The zero-order valence-corrected chi connectivity index (χ0v) is 9.49. The van der Waals surface area contributed by atoms with Gasteiger partial charge in [-0.15, -0.1) is 0 Å². The van der Waals surface area contributed by atoms with Crippen LogP contribution >= 0.6 is 0 Å². The highest BCUT2D eigenvalue weighted by molar-refractivity contribution is 7.90. The Morgan fingerprint density at radius 2 is 1.93 bits per heavy atom. The van der Waals surface area contributed by atoms with Crippen molar-refractivity contribution in [2.24, 2.45) is 0 Å². The maximum atomic E-state index is 10.8. The van der Waals surface area contributed by atoms with E-state index in [1.807, 2.05) is 0 Å². The van der Waals surface area contributed by atoms with Gasteiger partial charge in [0.25, 0.3) is 0 Å². The van der Waals surface area contributed by atoms with Crippen molar-refractivity contribution in [3.63, 3.8) is 0 Å². The van der Waals surface area contributed by atoms with E-state index in [9.17, 15) is 13.2 Å². The molecule has 2 N–H and O–H groups in total. The lowest BCUT2D eigenvalue weighted by molar-refractivity contribution is -0.120. The monoisotopic (exact) mass is 222 g/mol. The summed E-state index contributed by atoms with van der Waals surface area (Å²) in [7, 11) is -1.28. The lowest BCUT2D eigenvalue weighted by Crippen LogP contribution is -2.25. The van der Waals surface area contributed by atoms with Crippen LogP contribution in [0.1, 0.15) is 12.8 Å². The van der Waals surface area contributed by atoms with E-state index in [-0.39, 0.29) is 11.7 Å². The Balaban J connectivity index is 3.27. The highest BCUT2D eigenvalue weighted by atomic mass is 32.2. The molecule has 1 amide bonds. The highest BCUT2D eigenvalue weighted by Gasteiger charge is 2.01. The summed E-state index contributed by atoms with van der Waals surface area (Å²) >= 11 is 0. The molecule has 84 valence electrons. The third-order valence-electron chi connectivity index (χ3n) is 1.69. The van der Waals surface area contributed by atoms with Gasteiger partial charge >= 0.3 is 0 Å². The van der Waals surface area contributed by atoms with E-state index < -0.39 is 9.84 Å². The number of hydrogen-bond acceptors (Lipinski definition) is 4. The van der Waals surface area contributed by atoms with Gasteiger partial charge in [0, 0.05) is 26.3 Å². The fourth-order valence-corrected chi connectivity index (χ4v) is 1.40. The number of hydrogen-bond donors (Lipinski definition) is 2. The van der Waals surface area contributed by atoms with Crippen molar-refractivity contribution in [3.8, 4) is 0 Å². The minimum absolute atomic E-state index is 0.00918. The highest BCUT2D eigenvalue weighted by Crippen LogP contribution is 1.86. The quantitative estimate of drug-likeness (QED) is 0.550. The van der Waals surface area contributed by atoms with Crippen molar-refractivity contribution in [2.45, 2.75) is 12.8 Å². The summed E-state index contributed by atoms with van der Waals surface area (Å²) in [5, 5.41) is 5.48. The van der Waals surface area contributed by atoms with Crippen molar-refractivity contribution in [1.82, 2.24) is 10.6 Å². The molecule has 5 nitrogen and oxygen atoms in total. The average Bonchev–Trinajstić information content (AvgIpc) is 2.08. The first kappa shape index (κ1) is 13.4. The van der Waals surface area contributed by atoms with E-state index in [1.54, 1.807) is 7.05 Å². The molecule has 0 fully saturated rings. The number of carbonyl (C=O) groups excluding carboxylic acids is 1. The molecule has 0 aliphatic rings. The van der Waals surface area contributed by atoms with E-state index in [0.717, 1.165) is 6.42 Å². The van der Waals surface area contributed by atoms with Crippen LogP contribution in [0.4, 0.5) is 0 Å². The topological polar surface area (TPSA) is 75.3 Å². The predicted molar refractivity (Wildman–Crippen MR) is 55.9 cm³/mol. The van der Waals surface area contributed by atoms with Crippen LogP contribution in [0.3, 0.4) is 0 Å². The van der Waals surface area contributed by atoms with Crippen LogP contribution in [0.15, 0.2) is 0 Å². The molecule has 0 aliphatic heterocycles. The molecule has 0 saturated carbocycles. The molecule has 0 bridgehead atoms. The number of nitrogens with one attached hydrogen (secondary N) is 2. The van der Waals surface area contributed by atoms with Crippen LogP contribution in [0.25, 0.3) is 0 Å². The van der Waals surface area contributed by atoms with E-state index >= 15 is 0 Å². The van der Waals surface area contributed by atoms with Gasteiger partial charge in [-0.3, -0.25) is 4.79 Å². The fraction of sp³-hybridized carbons (Fsp3) is 0.875. The van der Waals surface area contributed by atoms with Crippen LogP contribution in [-0.2, 0) is 14.6 Å². The van der Waals surface area contributed by atoms with Gasteiger partial charge in [0.05, 0.1) is 5.75 Å². The lowest BCUT2D eigenvalue weighted by Gasteiger charge is -2.03. The van der Waals surface area contributed by atoms with Gasteiger partial charge in [0.15, 0.2) is 0 Å². The number of rotatable bonds is 7. The second kappa shape index (κ2) is 6.78. The Labute approximate surface area is 85.2 Å². The minimum atomic E-state index is -2.87. The first-order valence-corrected chi connectivity index (χ1v) is 6.61. The zero-order chi connectivity index (χ0) is 11.0. The average molecular weight is 222 g/mol. The Kier molecular flexibility index (Phi) is 6.48. The van der Waals surface area contributed by atoms with Gasteiger partial charge in [-0.25, -0.2) is 8.42 Å². The molecular weight excluding hydrogens is 204 g/mol. The molecule has 0 aromatic rings. The van der Waals surface area contributed by atoms with Gasteiger partial charge in [-0.2, -0.15) is 0 Å². The Morgan fingerprint density at radius 3 is 2.43 bits per heavy atom. The first-order valence-electron chi connectivity index (χ1n) is 4.55. The van der Waals surface area contributed by atoms with Gasteiger partial charge < -0.3 is 10.6 Å². The predicted octanol–water partition coefficient (Wildman–Crippen LogP) is -0.853. The SMILES string of the molecule is CNC(=O)CCCNCCS(C)(=O)=O. The number of sulfone groups is 1. The largest absolute Gasteiger partial charge is 0.359 e.